The Balaban J connectivity index is 1.14. The van der Waals surface area contributed by atoms with E-state index in [-0.39, 0.29) is 0 Å². The first-order valence-corrected chi connectivity index (χ1v) is 13.8. The molecule has 2 aliphatic rings. The highest BCUT2D eigenvalue weighted by Crippen LogP contribution is 2.43. The molecule has 0 aromatic heterocycles. The first kappa shape index (κ1) is 23.6. The van der Waals surface area contributed by atoms with Crippen molar-refractivity contribution in [3.8, 4) is 0 Å². The second kappa shape index (κ2) is 12.1. The molecule has 0 spiro atoms. The molecule has 0 saturated heterocycles. The molecular formula is C32H46. The lowest BCUT2D eigenvalue weighted by molar-refractivity contribution is 0.139. The molecular weight excluding hydrogens is 384 g/mol. The Kier molecular flexibility index (Phi) is 8.89. The Morgan fingerprint density at radius 1 is 0.656 bits per heavy atom. The molecule has 4 rings (SSSR count). The van der Waals surface area contributed by atoms with Gasteiger partial charge < -0.3 is 0 Å². The van der Waals surface area contributed by atoms with Gasteiger partial charge in [-0.2, -0.15) is 0 Å². The van der Waals surface area contributed by atoms with Gasteiger partial charge in [0, 0.05) is 0 Å². The third-order valence-corrected chi connectivity index (χ3v) is 8.91. The van der Waals surface area contributed by atoms with Crippen molar-refractivity contribution in [2.75, 3.05) is 0 Å². The smallest absolute Gasteiger partial charge is 0.0188 e. The molecule has 0 nitrogen and oxygen atoms in total. The Bertz CT molecular complexity index is 757. The quantitative estimate of drug-likeness (QED) is 0.371. The summed E-state index contributed by atoms with van der Waals surface area (Å²) in [7, 11) is 0. The van der Waals surface area contributed by atoms with E-state index < -0.39 is 0 Å². The van der Waals surface area contributed by atoms with Crippen molar-refractivity contribution in [1.29, 1.82) is 0 Å². The van der Waals surface area contributed by atoms with E-state index in [4.69, 9.17) is 0 Å². The van der Waals surface area contributed by atoms with Crippen LogP contribution in [0, 0.1) is 23.7 Å². The fourth-order valence-electron chi connectivity index (χ4n) is 6.79. The van der Waals surface area contributed by atoms with Crippen molar-refractivity contribution < 1.29 is 0 Å². The summed E-state index contributed by atoms with van der Waals surface area (Å²) in [5.74, 6) is 4.72. The SMILES string of the molecule is CCCc1ccc(CCC2CCC(C3CCC(CC(C)c4ccccc4)CC3)CC2)cc1. The van der Waals surface area contributed by atoms with E-state index in [1.54, 1.807) is 5.56 Å². The molecule has 2 aliphatic carbocycles. The van der Waals surface area contributed by atoms with Gasteiger partial charge in [0.15, 0.2) is 0 Å². The van der Waals surface area contributed by atoms with Crippen LogP contribution in [0.4, 0.5) is 0 Å². The molecule has 0 bridgehead atoms. The van der Waals surface area contributed by atoms with Crippen LogP contribution < -0.4 is 0 Å². The third kappa shape index (κ3) is 6.72. The lowest BCUT2D eigenvalue weighted by atomic mass is 9.67. The van der Waals surface area contributed by atoms with Crippen LogP contribution in [0.5, 0.6) is 0 Å². The minimum absolute atomic E-state index is 0.719. The van der Waals surface area contributed by atoms with E-state index >= 15 is 0 Å². The minimum atomic E-state index is 0.719. The summed E-state index contributed by atoms with van der Waals surface area (Å²) >= 11 is 0. The summed E-state index contributed by atoms with van der Waals surface area (Å²) in [4.78, 5) is 0. The maximum atomic E-state index is 2.43. The molecule has 32 heavy (non-hydrogen) atoms. The van der Waals surface area contributed by atoms with Gasteiger partial charge in [0.05, 0.1) is 0 Å². The van der Waals surface area contributed by atoms with Crippen molar-refractivity contribution in [2.45, 2.75) is 103 Å². The standard InChI is InChI=1S/C32H46/c1-3-7-26-10-12-27(13-11-26)14-15-28-16-20-31(21-17-28)32-22-18-29(19-23-32)24-25(2)30-8-5-4-6-9-30/h4-6,8-13,25,28-29,31-32H,3,7,14-24H2,1-2H3. The van der Waals surface area contributed by atoms with Crippen molar-refractivity contribution in [1.82, 2.24) is 0 Å². The maximum absolute atomic E-state index is 2.43. The Morgan fingerprint density at radius 2 is 1.19 bits per heavy atom. The predicted molar refractivity (Wildman–Crippen MR) is 139 cm³/mol. The van der Waals surface area contributed by atoms with Crippen LogP contribution in [-0.2, 0) is 12.8 Å². The van der Waals surface area contributed by atoms with Gasteiger partial charge in [-0.25, -0.2) is 0 Å². The van der Waals surface area contributed by atoms with Crippen LogP contribution in [0.2, 0.25) is 0 Å². The predicted octanol–water partition coefficient (Wildman–Crippen LogP) is 9.38. The number of rotatable bonds is 9. The molecule has 2 aromatic carbocycles. The molecule has 0 radical (unpaired) electrons. The van der Waals surface area contributed by atoms with E-state index in [9.17, 15) is 0 Å². The van der Waals surface area contributed by atoms with E-state index in [2.05, 4.69) is 68.4 Å². The fraction of sp³-hybridized carbons (Fsp3) is 0.625. The normalized spacial score (nSPS) is 27.2. The van der Waals surface area contributed by atoms with Crippen LogP contribution in [0.15, 0.2) is 54.6 Å². The van der Waals surface area contributed by atoms with Gasteiger partial charge in [-0.1, -0.05) is 101 Å². The van der Waals surface area contributed by atoms with Crippen LogP contribution >= 0.6 is 0 Å². The molecule has 0 amide bonds. The molecule has 0 heteroatoms. The van der Waals surface area contributed by atoms with Crippen LogP contribution in [-0.4, -0.2) is 0 Å². The first-order chi connectivity index (χ1) is 15.7. The zero-order valence-electron chi connectivity index (χ0n) is 20.8. The molecule has 2 saturated carbocycles. The summed E-state index contributed by atoms with van der Waals surface area (Å²) < 4.78 is 0. The molecule has 2 aromatic rings. The van der Waals surface area contributed by atoms with Gasteiger partial charge >= 0.3 is 0 Å². The average molecular weight is 431 g/mol. The molecule has 1 unspecified atom stereocenters. The van der Waals surface area contributed by atoms with Gasteiger partial charge in [0.2, 0.25) is 0 Å². The lowest BCUT2D eigenvalue weighted by Gasteiger charge is -2.38. The van der Waals surface area contributed by atoms with Crippen LogP contribution in [0.3, 0.4) is 0 Å². The summed E-state index contributed by atoms with van der Waals surface area (Å²) in [6, 6.07) is 20.6. The number of hydrogen-bond donors (Lipinski definition) is 0. The van der Waals surface area contributed by atoms with Crippen molar-refractivity contribution in [2.24, 2.45) is 23.7 Å². The summed E-state index contributed by atoms with van der Waals surface area (Å²) in [5, 5.41) is 0. The van der Waals surface area contributed by atoms with Crippen LogP contribution in [0.1, 0.15) is 107 Å². The highest BCUT2D eigenvalue weighted by Gasteiger charge is 2.31. The number of aryl methyl sites for hydroxylation is 2. The topological polar surface area (TPSA) is 0 Å². The monoisotopic (exact) mass is 430 g/mol. The number of benzene rings is 2. The highest BCUT2D eigenvalue weighted by molar-refractivity contribution is 5.23. The Labute approximate surface area is 198 Å². The molecule has 0 aliphatic heterocycles. The Morgan fingerprint density at radius 3 is 1.75 bits per heavy atom. The van der Waals surface area contributed by atoms with E-state index in [0.717, 1.165) is 29.6 Å². The van der Waals surface area contributed by atoms with Crippen LogP contribution in [0.25, 0.3) is 0 Å². The third-order valence-electron chi connectivity index (χ3n) is 8.91. The lowest BCUT2D eigenvalue weighted by Crippen LogP contribution is -2.26. The summed E-state index contributed by atoms with van der Waals surface area (Å²) in [6.45, 7) is 4.70. The van der Waals surface area contributed by atoms with Gasteiger partial charge in [0.25, 0.3) is 0 Å². The van der Waals surface area contributed by atoms with Crippen molar-refractivity contribution in [3.05, 3.63) is 71.3 Å². The van der Waals surface area contributed by atoms with Crippen molar-refractivity contribution in [3.63, 3.8) is 0 Å². The van der Waals surface area contributed by atoms with E-state index in [1.165, 1.54) is 94.6 Å². The summed E-state index contributed by atoms with van der Waals surface area (Å²) in [5.41, 5.74) is 4.58. The van der Waals surface area contributed by atoms with Gasteiger partial charge in [-0.3, -0.25) is 0 Å². The molecule has 174 valence electrons. The van der Waals surface area contributed by atoms with Crippen molar-refractivity contribution >= 4 is 0 Å². The zero-order chi connectivity index (χ0) is 22.2. The van der Waals surface area contributed by atoms with E-state index in [0.29, 0.717) is 0 Å². The molecule has 0 heterocycles. The van der Waals surface area contributed by atoms with E-state index in [1.807, 2.05) is 0 Å². The molecule has 1 atom stereocenters. The second-order valence-electron chi connectivity index (χ2n) is 11.2. The Hall–Kier alpha value is -1.56. The van der Waals surface area contributed by atoms with Gasteiger partial charge in [-0.05, 0) is 97.6 Å². The fourth-order valence-corrected chi connectivity index (χ4v) is 6.79. The second-order valence-corrected chi connectivity index (χ2v) is 11.2. The number of hydrogen-bond acceptors (Lipinski definition) is 0. The maximum Gasteiger partial charge on any atom is -0.0188 e. The first-order valence-electron chi connectivity index (χ1n) is 13.8. The summed E-state index contributed by atoms with van der Waals surface area (Å²) in [6.07, 6.45) is 18.5. The van der Waals surface area contributed by atoms with Gasteiger partial charge in [-0.15, -0.1) is 0 Å². The molecule has 2 fully saturated rings. The molecule has 0 N–H and O–H groups in total. The zero-order valence-corrected chi connectivity index (χ0v) is 20.8. The average Bonchev–Trinajstić information content (AvgIpc) is 2.85. The van der Waals surface area contributed by atoms with Gasteiger partial charge in [0.1, 0.15) is 0 Å². The minimum Gasteiger partial charge on any atom is -0.0651 e. The largest absolute Gasteiger partial charge is 0.0651 e. The highest BCUT2D eigenvalue weighted by atomic mass is 14.4.